The van der Waals surface area contributed by atoms with E-state index in [-0.39, 0.29) is 53.8 Å². The summed E-state index contributed by atoms with van der Waals surface area (Å²) in [5, 5.41) is 8.58. The third kappa shape index (κ3) is 8.87. The van der Waals surface area contributed by atoms with Gasteiger partial charge in [0.05, 0.1) is 42.4 Å². The van der Waals surface area contributed by atoms with E-state index >= 15 is 8.78 Å². The number of benzene rings is 2. The largest absolute Gasteiger partial charge is 0.495 e. The first kappa shape index (κ1) is 44.9. The number of nitrogens with one attached hydrogen (secondary N) is 3. The molecule has 5 aliphatic heterocycles. The van der Waals surface area contributed by atoms with Crippen molar-refractivity contribution in [3.8, 4) is 5.75 Å². The lowest BCUT2D eigenvalue weighted by atomic mass is 10.0. The van der Waals surface area contributed by atoms with Gasteiger partial charge in [0.2, 0.25) is 17.8 Å². The minimum Gasteiger partial charge on any atom is -0.495 e. The van der Waals surface area contributed by atoms with Gasteiger partial charge < -0.3 is 35.0 Å². The second-order valence-electron chi connectivity index (χ2n) is 18.0. The molecule has 66 heavy (non-hydrogen) atoms. The van der Waals surface area contributed by atoms with E-state index in [9.17, 15) is 28.8 Å². The van der Waals surface area contributed by atoms with E-state index in [1.807, 2.05) is 6.07 Å². The number of piperazine rings is 1. The van der Waals surface area contributed by atoms with Crippen molar-refractivity contribution in [2.45, 2.75) is 81.8 Å². The number of halogens is 2. The predicted molar refractivity (Wildman–Crippen MR) is 240 cm³/mol. The Hall–Kier alpha value is -6.28. The third-order valence-corrected chi connectivity index (χ3v) is 13.8. The summed E-state index contributed by atoms with van der Waals surface area (Å²) in [6.07, 6.45) is 7.57. The van der Waals surface area contributed by atoms with E-state index in [0.29, 0.717) is 41.3 Å². The molecule has 2 atom stereocenters. The van der Waals surface area contributed by atoms with Crippen molar-refractivity contribution in [1.29, 1.82) is 0 Å². The van der Waals surface area contributed by atoms with Gasteiger partial charge >= 0.3 is 5.92 Å². The number of carbonyl (C=O) groups is 6. The Morgan fingerprint density at radius 2 is 1.68 bits per heavy atom. The van der Waals surface area contributed by atoms with Crippen LogP contribution < -0.4 is 35.4 Å². The normalized spacial score (nSPS) is 22.9. The van der Waals surface area contributed by atoms with E-state index in [1.54, 1.807) is 35.2 Å². The Labute approximate surface area is 381 Å². The number of rotatable bonds is 12. The number of likely N-dealkylation sites (tertiary alicyclic amines) is 1. The highest BCUT2D eigenvalue weighted by molar-refractivity contribution is 6.25. The highest BCUT2D eigenvalue weighted by atomic mass is 19.3. The van der Waals surface area contributed by atoms with Crippen LogP contribution >= 0.6 is 0 Å². The molecular formula is C46H55F2N11O7. The average molecular weight is 912 g/mol. The maximum atomic E-state index is 15.1. The smallest absolute Gasteiger partial charge is 0.342 e. The number of alkyl halides is 2. The molecule has 0 bridgehead atoms. The van der Waals surface area contributed by atoms with Crippen molar-refractivity contribution in [1.82, 2.24) is 35.3 Å². The molecule has 9 rings (SSSR count). The summed E-state index contributed by atoms with van der Waals surface area (Å²) in [6.45, 7) is 5.55. The molecule has 1 aromatic heterocycles. The van der Waals surface area contributed by atoms with Crippen molar-refractivity contribution >= 4 is 64.3 Å². The summed E-state index contributed by atoms with van der Waals surface area (Å²) < 4.78 is 35.8. The molecule has 2 aromatic carbocycles. The molecule has 350 valence electrons. The molecule has 6 heterocycles. The number of ether oxygens (including phenoxy) is 1. The number of amides is 6. The fourth-order valence-corrected chi connectivity index (χ4v) is 10.3. The molecule has 3 saturated heterocycles. The number of fused-ring (bicyclic) bond motifs is 2. The average Bonchev–Trinajstić information content (AvgIpc) is 3.93. The third-order valence-electron chi connectivity index (χ3n) is 13.8. The van der Waals surface area contributed by atoms with Crippen molar-refractivity contribution in [2.75, 3.05) is 93.1 Å². The van der Waals surface area contributed by atoms with Crippen LogP contribution in [0.1, 0.15) is 88.9 Å². The van der Waals surface area contributed by atoms with Gasteiger partial charge in [0.15, 0.2) is 5.82 Å². The molecule has 3 aromatic rings. The minimum absolute atomic E-state index is 0.0418. The van der Waals surface area contributed by atoms with Crippen LogP contribution in [0.25, 0.3) is 0 Å². The Kier molecular flexibility index (Phi) is 12.6. The molecule has 2 unspecified atom stereocenters. The quantitative estimate of drug-likeness (QED) is 0.224. The van der Waals surface area contributed by atoms with Crippen molar-refractivity contribution in [3.05, 3.63) is 59.3 Å². The summed E-state index contributed by atoms with van der Waals surface area (Å²) in [7, 11) is 2.80. The van der Waals surface area contributed by atoms with Crippen LogP contribution in [0.2, 0.25) is 0 Å². The van der Waals surface area contributed by atoms with Gasteiger partial charge in [0.1, 0.15) is 17.5 Å². The molecule has 3 N–H and O–H groups in total. The highest BCUT2D eigenvalue weighted by Crippen LogP contribution is 2.40. The molecule has 0 spiro atoms. The number of nitrogens with zero attached hydrogens (tertiary/aromatic N) is 8. The maximum absolute atomic E-state index is 15.1. The van der Waals surface area contributed by atoms with Crippen LogP contribution in [0.5, 0.6) is 5.75 Å². The van der Waals surface area contributed by atoms with Crippen molar-refractivity contribution < 1.29 is 42.3 Å². The fraction of sp³-hybridized carbons (Fsp3) is 0.522. The number of methoxy groups -OCH3 is 1. The van der Waals surface area contributed by atoms with E-state index in [1.165, 1.54) is 20.4 Å². The van der Waals surface area contributed by atoms with Gasteiger partial charge in [-0.3, -0.25) is 43.9 Å². The van der Waals surface area contributed by atoms with Crippen molar-refractivity contribution in [3.63, 3.8) is 0 Å². The Bertz CT molecular complexity index is 2420. The van der Waals surface area contributed by atoms with Gasteiger partial charge in [-0.05, 0) is 88.5 Å². The zero-order valence-electron chi connectivity index (χ0n) is 37.2. The van der Waals surface area contributed by atoms with Gasteiger partial charge in [-0.1, -0.05) is 18.9 Å². The molecule has 6 amide bonds. The van der Waals surface area contributed by atoms with Crippen LogP contribution in [0.15, 0.2) is 42.6 Å². The molecule has 20 heteroatoms. The van der Waals surface area contributed by atoms with E-state index in [4.69, 9.17) is 4.74 Å². The first-order valence-electron chi connectivity index (χ1n) is 22.9. The summed E-state index contributed by atoms with van der Waals surface area (Å²) in [5.41, 5.74) is 2.37. The number of hydrogen-bond donors (Lipinski definition) is 3. The van der Waals surface area contributed by atoms with Gasteiger partial charge in [-0.15, -0.1) is 0 Å². The molecule has 0 radical (unpaired) electrons. The second-order valence-corrected chi connectivity index (χ2v) is 18.0. The number of anilines is 5. The van der Waals surface area contributed by atoms with E-state index < -0.39 is 48.0 Å². The summed E-state index contributed by atoms with van der Waals surface area (Å²) in [5.74, 6) is -6.40. The number of imide groups is 2. The summed E-state index contributed by atoms with van der Waals surface area (Å²) >= 11 is 0. The molecule has 1 saturated carbocycles. The number of carbonyl (C=O) groups excluding carboxylic acids is 6. The Balaban J connectivity index is 0.759. The van der Waals surface area contributed by atoms with Gasteiger partial charge in [0, 0.05) is 63.8 Å². The van der Waals surface area contributed by atoms with Crippen LogP contribution in [0, 0.1) is 0 Å². The topological polar surface area (TPSA) is 193 Å². The zero-order valence-corrected chi connectivity index (χ0v) is 37.2. The number of piperidine rings is 2. The van der Waals surface area contributed by atoms with Crippen LogP contribution in [0.4, 0.5) is 37.6 Å². The second kappa shape index (κ2) is 18.5. The first-order valence-corrected chi connectivity index (χ1v) is 22.9. The molecule has 6 aliphatic rings. The zero-order chi connectivity index (χ0) is 46.3. The van der Waals surface area contributed by atoms with Crippen molar-refractivity contribution in [2.24, 2.45) is 0 Å². The molecule has 1 aliphatic carbocycles. The lowest BCUT2D eigenvalue weighted by Gasteiger charge is -2.37. The lowest BCUT2D eigenvalue weighted by molar-refractivity contribution is -0.140. The highest BCUT2D eigenvalue weighted by Gasteiger charge is 2.49. The van der Waals surface area contributed by atoms with Crippen LogP contribution in [0.3, 0.4) is 0 Å². The monoisotopic (exact) mass is 911 g/mol. The van der Waals surface area contributed by atoms with E-state index in [0.717, 1.165) is 94.0 Å². The molecule has 18 nitrogen and oxygen atoms in total. The summed E-state index contributed by atoms with van der Waals surface area (Å²) in [6, 6.07) is 9.01. The number of aromatic nitrogens is 2. The van der Waals surface area contributed by atoms with E-state index in [2.05, 4.69) is 40.6 Å². The SMILES string of the molecule is COc1cc(C(=O)NC2CCCN(CCCN3CCN(c4cccc5c4C(=O)N(C4CCC(=O)NC4=O)C5=O)CC3)C2)ccc1Nc1ncc2c(n1)N(C1CCCC1)CC(F)(F)C(=O)N2C. The minimum atomic E-state index is -3.59. The first-order chi connectivity index (χ1) is 31.8. The Morgan fingerprint density at radius 1 is 0.909 bits per heavy atom. The lowest BCUT2D eigenvalue weighted by Crippen LogP contribution is -2.54. The standard InChI is InChI=1S/C46H55F2N11O7/c1-54-35-25-49-45(53-39(35)58(30-9-3-4-10-30)27-46(47,48)44(54)65)51-32-14-13-28(24-36(32)66-2)40(61)50-29-8-6-17-56(26-29)19-7-18-55-20-22-57(23-21-55)33-12-5-11-31-38(33)43(64)59(42(31)63)34-15-16-37(60)52-41(34)62/h5,11-14,24-25,29-30,34H,3-4,6-10,15-23,26-27H2,1-2H3,(H,50,61)(H,49,51,53)(H,52,60,62). The summed E-state index contributed by atoms with van der Waals surface area (Å²) in [4.78, 5) is 97.0. The Morgan fingerprint density at radius 3 is 2.44 bits per heavy atom. The van der Waals surface area contributed by atoms with Gasteiger partial charge in [-0.2, -0.15) is 13.8 Å². The van der Waals surface area contributed by atoms with Crippen LogP contribution in [-0.2, 0) is 14.4 Å². The fourth-order valence-electron chi connectivity index (χ4n) is 10.3. The predicted octanol–water partition coefficient (Wildman–Crippen LogP) is 3.40. The molecular weight excluding hydrogens is 857 g/mol. The maximum Gasteiger partial charge on any atom is 0.342 e. The van der Waals surface area contributed by atoms with Gasteiger partial charge in [0.25, 0.3) is 23.6 Å². The number of hydrogen-bond acceptors (Lipinski definition) is 14. The molecule has 4 fully saturated rings. The van der Waals surface area contributed by atoms with Crippen LogP contribution in [-0.4, -0.2) is 157 Å². The van der Waals surface area contributed by atoms with Gasteiger partial charge in [-0.25, -0.2) is 4.98 Å².